The first-order valence-electron chi connectivity index (χ1n) is 10.0. The summed E-state index contributed by atoms with van der Waals surface area (Å²) >= 11 is 0. The van der Waals surface area contributed by atoms with E-state index in [9.17, 15) is 4.79 Å². The minimum atomic E-state index is 0.00691. The number of benzene rings is 2. The molecule has 1 fully saturated rings. The van der Waals surface area contributed by atoms with Crippen molar-refractivity contribution in [1.29, 1.82) is 0 Å². The van der Waals surface area contributed by atoms with E-state index in [0.29, 0.717) is 18.7 Å². The molecule has 0 radical (unpaired) electrons. The van der Waals surface area contributed by atoms with Crippen LogP contribution in [0.5, 0.6) is 5.75 Å². The molecule has 1 atom stereocenters. The van der Waals surface area contributed by atoms with Gasteiger partial charge in [0, 0.05) is 39.0 Å². The molecule has 0 saturated carbocycles. The molecule has 28 heavy (non-hydrogen) atoms. The second kappa shape index (κ2) is 7.36. The number of nitrogens with one attached hydrogen (secondary N) is 1. The zero-order valence-corrected chi connectivity index (χ0v) is 15.9. The summed E-state index contributed by atoms with van der Waals surface area (Å²) in [5.41, 5.74) is 5.45. The van der Waals surface area contributed by atoms with Crippen LogP contribution in [-0.2, 0) is 19.4 Å². The van der Waals surface area contributed by atoms with Gasteiger partial charge in [0.1, 0.15) is 11.8 Å². The number of azo groups is 1. The summed E-state index contributed by atoms with van der Waals surface area (Å²) in [7, 11) is 0. The third-order valence-corrected chi connectivity index (χ3v) is 5.78. The van der Waals surface area contributed by atoms with E-state index in [-0.39, 0.29) is 11.9 Å². The van der Waals surface area contributed by atoms with Crippen LogP contribution in [0.25, 0.3) is 0 Å². The average molecular weight is 376 g/mol. The molecular weight excluding hydrogens is 352 g/mol. The van der Waals surface area contributed by atoms with E-state index >= 15 is 0 Å². The Morgan fingerprint density at radius 1 is 1.18 bits per heavy atom. The molecule has 1 unspecified atom stereocenters. The lowest BCUT2D eigenvalue weighted by atomic mass is 9.92. The van der Waals surface area contributed by atoms with Crippen molar-refractivity contribution in [2.75, 3.05) is 32.8 Å². The monoisotopic (exact) mass is 376 g/mol. The Hall–Kier alpha value is -2.73. The lowest BCUT2D eigenvalue weighted by Crippen LogP contribution is -2.46. The van der Waals surface area contributed by atoms with Crippen molar-refractivity contribution >= 4 is 5.91 Å². The average Bonchev–Trinajstić information content (AvgIpc) is 3.22. The number of hydrogen-bond donors (Lipinski definition) is 1. The van der Waals surface area contributed by atoms with E-state index in [0.717, 1.165) is 55.9 Å². The molecule has 0 aliphatic carbocycles. The van der Waals surface area contributed by atoms with E-state index in [1.54, 1.807) is 0 Å². The van der Waals surface area contributed by atoms with E-state index in [2.05, 4.69) is 39.8 Å². The molecule has 1 N–H and O–H groups in total. The van der Waals surface area contributed by atoms with Crippen molar-refractivity contribution in [3.05, 3.63) is 64.2 Å². The Kier molecular flexibility index (Phi) is 4.56. The van der Waals surface area contributed by atoms with Crippen molar-refractivity contribution in [3.8, 4) is 5.75 Å². The number of hydrogen-bond acceptors (Lipinski definition) is 5. The van der Waals surface area contributed by atoms with Gasteiger partial charge < -0.3 is 15.0 Å². The summed E-state index contributed by atoms with van der Waals surface area (Å²) < 4.78 is 5.84. The van der Waals surface area contributed by atoms with Crippen molar-refractivity contribution in [2.45, 2.75) is 25.4 Å². The fourth-order valence-electron chi connectivity index (χ4n) is 4.34. The predicted molar refractivity (Wildman–Crippen MR) is 106 cm³/mol. The number of piperazine rings is 1. The molecule has 3 aliphatic rings. The van der Waals surface area contributed by atoms with Gasteiger partial charge in [-0.05, 0) is 28.3 Å². The lowest BCUT2D eigenvalue weighted by Gasteiger charge is -2.28. The number of fused-ring (bicyclic) bond motifs is 2. The number of amides is 1. The number of rotatable bonds is 3. The highest BCUT2D eigenvalue weighted by atomic mass is 16.5. The number of nitrogens with zero attached hydrogens (tertiary/aromatic N) is 3. The summed E-state index contributed by atoms with van der Waals surface area (Å²) in [5.74, 6) is 0.852. The molecule has 0 spiro atoms. The van der Waals surface area contributed by atoms with Crippen LogP contribution in [-0.4, -0.2) is 43.6 Å². The highest BCUT2D eigenvalue weighted by Gasteiger charge is 2.27. The van der Waals surface area contributed by atoms with Gasteiger partial charge in [0.15, 0.2) is 0 Å². The quantitative estimate of drug-likeness (QED) is 0.896. The first-order valence-corrected chi connectivity index (χ1v) is 10.0. The van der Waals surface area contributed by atoms with Gasteiger partial charge in [0.25, 0.3) is 5.91 Å². The number of ether oxygens (including phenoxy) is 1. The molecule has 2 aromatic rings. The molecule has 0 bridgehead atoms. The zero-order valence-electron chi connectivity index (χ0n) is 15.9. The SMILES string of the molecule is O=C(c1cc(CC2N=NCc3ccccc32)cc2c1OCC2)N1CCNCC1. The van der Waals surface area contributed by atoms with Crippen molar-refractivity contribution in [2.24, 2.45) is 10.2 Å². The molecule has 144 valence electrons. The van der Waals surface area contributed by atoms with E-state index in [1.807, 2.05) is 17.0 Å². The van der Waals surface area contributed by atoms with Gasteiger partial charge in [-0.3, -0.25) is 4.79 Å². The van der Waals surface area contributed by atoms with Crippen LogP contribution in [0, 0.1) is 0 Å². The number of carbonyl (C=O) groups excluding carboxylic acids is 1. The summed E-state index contributed by atoms with van der Waals surface area (Å²) in [4.78, 5) is 15.1. The first-order chi connectivity index (χ1) is 13.8. The van der Waals surface area contributed by atoms with Gasteiger partial charge in [-0.15, -0.1) is 0 Å². The molecule has 3 aliphatic heterocycles. The summed E-state index contributed by atoms with van der Waals surface area (Å²) in [5, 5.41) is 12.1. The fourth-order valence-corrected chi connectivity index (χ4v) is 4.34. The minimum Gasteiger partial charge on any atom is -0.492 e. The van der Waals surface area contributed by atoms with Crippen molar-refractivity contribution < 1.29 is 9.53 Å². The largest absolute Gasteiger partial charge is 0.492 e. The van der Waals surface area contributed by atoms with Gasteiger partial charge in [-0.25, -0.2) is 0 Å². The first kappa shape index (κ1) is 17.4. The van der Waals surface area contributed by atoms with Crippen LogP contribution in [0.3, 0.4) is 0 Å². The minimum absolute atomic E-state index is 0.00691. The molecule has 3 heterocycles. The van der Waals surface area contributed by atoms with E-state index < -0.39 is 0 Å². The maximum absolute atomic E-state index is 13.2. The van der Waals surface area contributed by atoms with Crippen LogP contribution in [0.2, 0.25) is 0 Å². The third-order valence-electron chi connectivity index (χ3n) is 5.78. The van der Waals surface area contributed by atoms with Crippen molar-refractivity contribution in [3.63, 3.8) is 0 Å². The van der Waals surface area contributed by atoms with Gasteiger partial charge in [0.2, 0.25) is 0 Å². The third kappa shape index (κ3) is 3.18. The summed E-state index contributed by atoms with van der Waals surface area (Å²) in [6.07, 6.45) is 1.60. The van der Waals surface area contributed by atoms with Gasteiger partial charge in [-0.2, -0.15) is 10.2 Å². The predicted octanol–water partition coefficient (Wildman–Crippen LogP) is 2.92. The molecule has 6 nitrogen and oxygen atoms in total. The molecule has 5 rings (SSSR count). The molecule has 6 heteroatoms. The van der Waals surface area contributed by atoms with E-state index in [1.165, 1.54) is 11.1 Å². The lowest BCUT2D eigenvalue weighted by molar-refractivity contribution is 0.0732. The van der Waals surface area contributed by atoms with Crippen molar-refractivity contribution in [1.82, 2.24) is 10.2 Å². The summed E-state index contributed by atoms with van der Waals surface area (Å²) in [6.45, 7) is 4.45. The zero-order chi connectivity index (χ0) is 18.9. The highest BCUT2D eigenvalue weighted by molar-refractivity contribution is 5.98. The number of carbonyl (C=O) groups is 1. The second-order valence-corrected chi connectivity index (χ2v) is 7.61. The summed E-state index contributed by atoms with van der Waals surface area (Å²) in [6, 6.07) is 12.6. The molecule has 1 amide bonds. The maximum atomic E-state index is 13.2. The Labute approximate surface area is 164 Å². The molecule has 0 aromatic heterocycles. The second-order valence-electron chi connectivity index (χ2n) is 7.61. The molecule has 1 saturated heterocycles. The topological polar surface area (TPSA) is 66.3 Å². The normalized spacial score (nSPS) is 20.4. The van der Waals surface area contributed by atoms with Crippen LogP contribution in [0.15, 0.2) is 46.6 Å². The van der Waals surface area contributed by atoms with Gasteiger partial charge in [0.05, 0.1) is 18.7 Å². The van der Waals surface area contributed by atoms with Crippen LogP contribution >= 0.6 is 0 Å². The fraction of sp³-hybridized carbons (Fsp3) is 0.409. The van der Waals surface area contributed by atoms with Crippen LogP contribution in [0.4, 0.5) is 0 Å². The Morgan fingerprint density at radius 2 is 2.04 bits per heavy atom. The van der Waals surface area contributed by atoms with E-state index in [4.69, 9.17) is 4.74 Å². The standard InChI is InChI=1S/C22H24N4O2/c27-22(26-8-6-23-7-9-26)19-12-15(11-16-5-10-28-21(16)19)13-20-18-4-2-1-3-17(18)14-24-25-20/h1-4,11-12,20,23H,5-10,13-14H2. The Bertz CT molecular complexity index is 934. The Morgan fingerprint density at radius 3 is 2.93 bits per heavy atom. The van der Waals surface area contributed by atoms with Crippen LogP contribution in [0.1, 0.15) is 38.7 Å². The van der Waals surface area contributed by atoms with Gasteiger partial charge in [-0.1, -0.05) is 30.3 Å². The molecule has 2 aromatic carbocycles. The smallest absolute Gasteiger partial charge is 0.257 e. The Balaban J connectivity index is 1.47. The van der Waals surface area contributed by atoms with Gasteiger partial charge >= 0.3 is 0 Å². The van der Waals surface area contributed by atoms with Crippen LogP contribution < -0.4 is 10.1 Å². The maximum Gasteiger partial charge on any atom is 0.257 e. The highest BCUT2D eigenvalue weighted by Crippen LogP contribution is 2.35. The molecular formula is C22H24N4O2.